The maximum Gasteiger partial charge on any atom is 0.253 e. The molecular formula is C21H24N4O3S3. The lowest BCUT2D eigenvalue weighted by Gasteiger charge is -2.34. The number of aromatic nitrogens is 1. The zero-order valence-electron chi connectivity index (χ0n) is 17.4. The Morgan fingerprint density at radius 3 is 2.39 bits per heavy atom. The predicted octanol–water partition coefficient (Wildman–Crippen LogP) is 3.08. The van der Waals surface area contributed by atoms with E-state index in [1.165, 1.54) is 31.1 Å². The van der Waals surface area contributed by atoms with Gasteiger partial charge in [-0.05, 0) is 35.7 Å². The molecule has 1 aromatic carbocycles. The molecular weight excluding hydrogens is 452 g/mol. The van der Waals surface area contributed by atoms with Crippen molar-refractivity contribution in [3.8, 4) is 10.6 Å². The van der Waals surface area contributed by atoms with E-state index in [4.69, 9.17) is 4.98 Å². The van der Waals surface area contributed by atoms with Crippen molar-refractivity contribution in [3.05, 3.63) is 57.7 Å². The van der Waals surface area contributed by atoms with Gasteiger partial charge in [0.15, 0.2) is 0 Å². The Hall–Kier alpha value is -2.11. The Morgan fingerprint density at radius 1 is 1.06 bits per heavy atom. The molecule has 0 N–H and O–H groups in total. The molecule has 3 aromatic rings. The fraction of sp³-hybridized carbons (Fsp3) is 0.333. The van der Waals surface area contributed by atoms with E-state index in [9.17, 15) is 13.2 Å². The lowest BCUT2D eigenvalue weighted by atomic mass is 10.2. The SMILES string of the molecule is CN(C)S(=O)(=O)c1ccc(C(=O)N2CCN(Cc3nc(-c4cccs4)cs3)CC2)cc1. The Morgan fingerprint density at radius 2 is 1.77 bits per heavy atom. The summed E-state index contributed by atoms with van der Waals surface area (Å²) in [5.74, 6) is -0.0670. The van der Waals surface area contributed by atoms with Crippen LogP contribution < -0.4 is 0 Å². The van der Waals surface area contributed by atoms with Crippen LogP contribution in [0, 0.1) is 0 Å². The summed E-state index contributed by atoms with van der Waals surface area (Å²) in [5.41, 5.74) is 1.54. The zero-order valence-corrected chi connectivity index (χ0v) is 19.8. The van der Waals surface area contributed by atoms with Gasteiger partial charge in [0.2, 0.25) is 10.0 Å². The van der Waals surface area contributed by atoms with E-state index in [0.717, 1.165) is 34.6 Å². The van der Waals surface area contributed by atoms with Crippen LogP contribution >= 0.6 is 22.7 Å². The molecule has 0 spiro atoms. The summed E-state index contributed by atoms with van der Waals surface area (Å²) >= 11 is 3.36. The average molecular weight is 477 g/mol. The molecule has 164 valence electrons. The maximum atomic E-state index is 12.8. The smallest absolute Gasteiger partial charge is 0.253 e. The third kappa shape index (κ3) is 4.88. The Kier molecular flexibility index (Phi) is 6.54. The summed E-state index contributed by atoms with van der Waals surface area (Å²) in [6.07, 6.45) is 0. The van der Waals surface area contributed by atoms with E-state index < -0.39 is 10.0 Å². The van der Waals surface area contributed by atoms with Crippen molar-refractivity contribution in [1.29, 1.82) is 0 Å². The van der Waals surface area contributed by atoms with E-state index in [1.54, 1.807) is 34.8 Å². The second-order valence-corrected chi connectivity index (χ2v) is 11.5. The molecule has 3 heterocycles. The van der Waals surface area contributed by atoms with Crippen molar-refractivity contribution < 1.29 is 13.2 Å². The molecule has 2 aromatic heterocycles. The van der Waals surface area contributed by atoms with Gasteiger partial charge in [-0.2, -0.15) is 0 Å². The molecule has 0 radical (unpaired) electrons. The molecule has 4 rings (SSSR count). The van der Waals surface area contributed by atoms with E-state index in [0.29, 0.717) is 18.7 Å². The summed E-state index contributed by atoms with van der Waals surface area (Å²) in [6.45, 7) is 3.63. The summed E-state index contributed by atoms with van der Waals surface area (Å²) < 4.78 is 25.5. The van der Waals surface area contributed by atoms with Crippen LogP contribution in [0.5, 0.6) is 0 Å². The number of amides is 1. The lowest BCUT2D eigenvalue weighted by molar-refractivity contribution is 0.0628. The molecule has 0 aliphatic carbocycles. The molecule has 31 heavy (non-hydrogen) atoms. The molecule has 1 fully saturated rings. The van der Waals surface area contributed by atoms with Gasteiger partial charge in [0, 0.05) is 51.2 Å². The fourth-order valence-corrected chi connectivity index (χ4v) is 5.88. The Balaban J connectivity index is 1.33. The number of hydrogen-bond donors (Lipinski definition) is 0. The van der Waals surface area contributed by atoms with E-state index in [1.807, 2.05) is 11.0 Å². The predicted molar refractivity (Wildman–Crippen MR) is 124 cm³/mol. The maximum absolute atomic E-state index is 12.8. The second kappa shape index (κ2) is 9.17. The highest BCUT2D eigenvalue weighted by atomic mass is 32.2. The van der Waals surface area contributed by atoms with Crippen molar-refractivity contribution in [1.82, 2.24) is 19.1 Å². The number of carbonyl (C=O) groups is 1. The first-order valence-corrected chi connectivity index (χ1v) is 13.1. The van der Waals surface area contributed by atoms with Gasteiger partial charge in [-0.25, -0.2) is 17.7 Å². The molecule has 0 unspecified atom stereocenters. The highest BCUT2D eigenvalue weighted by Gasteiger charge is 2.24. The van der Waals surface area contributed by atoms with E-state index in [-0.39, 0.29) is 10.8 Å². The molecule has 1 amide bonds. The van der Waals surface area contributed by atoms with Gasteiger partial charge >= 0.3 is 0 Å². The first-order valence-electron chi connectivity index (χ1n) is 9.87. The minimum atomic E-state index is -3.50. The van der Waals surface area contributed by atoms with Gasteiger partial charge in [-0.15, -0.1) is 22.7 Å². The third-order valence-corrected chi connectivity index (χ3v) is 8.78. The number of rotatable bonds is 6. The van der Waals surface area contributed by atoms with Gasteiger partial charge in [-0.3, -0.25) is 9.69 Å². The van der Waals surface area contributed by atoms with Gasteiger partial charge in [-0.1, -0.05) is 6.07 Å². The second-order valence-electron chi connectivity index (χ2n) is 7.48. The van der Waals surface area contributed by atoms with Crippen molar-refractivity contribution in [2.24, 2.45) is 0 Å². The van der Waals surface area contributed by atoms with Gasteiger partial charge in [0.1, 0.15) is 5.01 Å². The number of benzene rings is 1. The quantitative estimate of drug-likeness (QED) is 0.547. The summed E-state index contributed by atoms with van der Waals surface area (Å²) in [7, 11) is -0.519. The monoisotopic (exact) mass is 476 g/mol. The van der Waals surface area contributed by atoms with Crippen LogP contribution in [0.3, 0.4) is 0 Å². The molecule has 7 nitrogen and oxygen atoms in total. The number of thiophene rings is 1. The summed E-state index contributed by atoms with van der Waals surface area (Å²) in [5, 5.41) is 5.24. The van der Waals surface area contributed by atoms with Crippen LogP contribution in [0.15, 0.2) is 52.1 Å². The molecule has 1 aliphatic rings. The van der Waals surface area contributed by atoms with Crippen molar-refractivity contribution in [2.45, 2.75) is 11.4 Å². The highest BCUT2D eigenvalue weighted by molar-refractivity contribution is 7.89. The number of thiazole rings is 1. The summed E-state index contributed by atoms with van der Waals surface area (Å²) in [6, 6.07) is 10.3. The number of piperazine rings is 1. The minimum absolute atomic E-state index is 0.0670. The van der Waals surface area contributed by atoms with Crippen molar-refractivity contribution in [3.63, 3.8) is 0 Å². The van der Waals surface area contributed by atoms with E-state index in [2.05, 4.69) is 21.7 Å². The number of hydrogen-bond acceptors (Lipinski definition) is 7. The molecule has 1 saturated heterocycles. The molecule has 1 aliphatic heterocycles. The average Bonchev–Trinajstić information content (AvgIpc) is 3.46. The fourth-order valence-electron chi connectivity index (χ4n) is 3.38. The first-order chi connectivity index (χ1) is 14.8. The van der Waals surface area contributed by atoms with Gasteiger partial charge < -0.3 is 4.90 Å². The normalized spacial score (nSPS) is 15.5. The Bertz CT molecular complexity index is 1130. The minimum Gasteiger partial charge on any atom is -0.336 e. The highest BCUT2D eigenvalue weighted by Crippen LogP contribution is 2.26. The van der Waals surface area contributed by atoms with Crippen LogP contribution in [0.1, 0.15) is 15.4 Å². The molecule has 10 heteroatoms. The standard InChI is InChI=1S/C21H24N4O3S3/c1-23(2)31(27,28)17-7-5-16(6-8-17)21(26)25-11-9-24(10-12-25)14-20-22-18(15-30-20)19-4-3-13-29-19/h3-8,13,15H,9-12,14H2,1-2H3. The van der Waals surface area contributed by atoms with Gasteiger partial charge in [0.25, 0.3) is 5.91 Å². The van der Waals surface area contributed by atoms with Crippen molar-refractivity contribution >= 4 is 38.6 Å². The first kappa shape index (κ1) is 22.1. The topological polar surface area (TPSA) is 73.8 Å². The molecule has 0 bridgehead atoms. The van der Waals surface area contributed by atoms with Crippen LogP contribution in [0.2, 0.25) is 0 Å². The lowest BCUT2D eigenvalue weighted by Crippen LogP contribution is -2.48. The largest absolute Gasteiger partial charge is 0.336 e. The molecule has 0 saturated carbocycles. The van der Waals surface area contributed by atoms with Crippen LogP contribution in [0.4, 0.5) is 0 Å². The summed E-state index contributed by atoms with van der Waals surface area (Å²) in [4.78, 5) is 23.1. The van der Waals surface area contributed by atoms with Crippen molar-refractivity contribution in [2.75, 3.05) is 40.3 Å². The number of carbonyl (C=O) groups excluding carboxylic acids is 1. The van der Waals surface area contributed by atoms with Crippen LogP contribution in [-0.2, 0) is 16.6 Å². The number of nitrogens with zero attached hydrogens (tertiary/aromatic N) is 4. The number of sulfonamides is 1. The van der Waals surface area contributed by atoms with E-state index >= 15 is 0 Å². The molecule has 0 atom stereocenters. The Labute approximate surface area is 190 Å². The van der Waals surface area contributed by atoms with Gasteiger partial charge in [0.05, 0.1) is 22.0 Å². The van der Waals surface area contributed by atoms with Crippen LogP contribution in [0.25, 0.3) is 10.6 Å². The van der Waals surface area contributed by atoms with Crippen LogP contribution in [-0.4, -0.2) is 73.7 Å². The zero-order chi connectivity index (χ0) is 22.0. The third-order valence-electron chi connectivity index (χ3n) is 5.22.